The molecule has 0 fully saturated rings. The van der Waals surface area contributed by atoms with Gasteiger partial charge in [0.25, 0.3) is 5.91 Å². The van der Waals surface area contributed by atoms with Crippen LogP contribution in [0, 0.1) is 0 Å². The van der Waals surface area contributed by atoms with E-state index >= 15 is 0 Å². The second kappa shape index (κ2) is 7.71. The Morgan fingerprint density at radius 3 is 2.50 bits per heavy atom. The predicted molar refractivity (Wildman–Crippen MR) is 72.0 cm³/mol. The zero-order chi connectivity index (χ0) is 13.4. The van der Waals surface area contributed by atoms with Gasteiger partial charge in [0.05, 0.1) is 27.2 Å². The smallest absolute Gasteiger partial charge is 0.258 e. The summed E-state index contributed by atoms with van der Waals surface area (Å²) in [5.74, 6) is 0.663. The van der Waals surface area contributed by atoms with E-state index in [0.29, 0.717) is 6.54 Å². The molecule has 0 aliphatic rings. The van der Waals surface area contributed by atoms with Gasteiger partial charge in [-0.2, -0.15) is 0 Å². The summed E-state index contributed by atoms with van der Waals surface area (Å²) in [4.78, 5) is 12.8. The van der Waals surface area contributed by atoms with Crippen molar-refractivity contribution in [2.75, 3.05) is 33.8 Å². The Morgan fingerprint density at radius 2 is 1.94 bits per heavy atom. The molecule has 0 spiro atoms. The molecule has 0 aromatic heterocycles. The third kappa shape index (κ3) is 5.68. The van der Waals surface area contributed by atoms with Crippen LogP contribution in [-0.2, 0) is 11.2 Å². The van der Waals surface area contributed by atoms with Crippen LogP contribution < -0.4 is 15.0 Å². The number of carbonyl (C=O) groups excluding carboxylic acids is 1. The zero-order valence-corrected chi connectivity index (χ0v) is 11.5. The monoisotopic (exact) mass is 251 g/mol. The fraction of sp³-hybridized carbons (Fsp3) is 0.500. The van der Waals surface area contributed by atoms with Crippen LogP contribution in [0.1, 0.15) is 12.5 Å². The molecule has 1 aromatic rings. The first-order chi connectivity index (χ1) is 8.61. The number of benzene rings is 1. The Balaban J connectivity index is 2.24. The standard InChI is InChI=1S/C14H22N2O2/c1-4-12-5-7-13(8-6-12)18-11-14(17)15-9-10-16(2)3/h5-8H,4,9-11H2,1-3H3,(H,15,17)/p+1. The van der Waals surface area contributed by atoms with Crippen LogP contribution in [0.25, 0.3) is 0 Å². The number of quaternary nitrogens is 1. The van der Waals surface area contributed by atoms with Crippen molar-refractivity contribution in [2.45, 2.75) is 13.3 Å². The number of rotatable bonds is 7. The van der Waals surface area contributed by atoms with Gasteiger partial charge in [0.15, 0.2) is 6.61 Å². The highest BCUT2D eigenvalue weighted by Crippen LogP contribution is 2.12. The molecule has 4 nitrogen and oxygen atoms in total. The number of aryl methyl sites for hydroxylation is 1. The van der Waals surface area contributed by atoms with Crippen LogP contribution in [0.4, 0.5) is 0 Å². The molecule has 1 aromatic carbocycles. The van der Waals surface area contributed by atoms with Gasteiger partial charge in [-0.1, -0.05) is 19.1 Å². The van der Waals surface area contributed by atoms with Crippen LogP contribution in [0.15, 0.2) is 24.3 Å². The molecule has 0 saturated carbocycles. The highest BCUT2D eigenvalue weighted by Gasteiger charge is 2.03. The number of amides is 1. The second-order valence-electron chi connectivity index (χ2n) is 4.59. The second-order valence-corrected chi connectivity index (χ2v) is 4.59. The van der Waals surface area contributed by atoms with E-state index in [1.165, 1.54) is 10.5 Å². The molecule has 4 heteroatoms. The first kappa shape index (κ1) is 14.5. The van der Waals surface area contributed by atoms with Gasteiger partial charge in [0.1, 0.15) is 5.75 Å². The number of hydrogen-bond donors (Lipinski definition) is 2. The van der Waals surface area contributed by atoms with E-state index in [1.54, 1.807) is 0 Å². The Labute approximate surface area is 109 Å². The molecular formula is C14H23N2O2+. The van der Waals surface area contributed by atoms with Crippen LogP contribution in [-0.4, -0.2) is 39.7 Å². The lowest BCUT2D eigenvalue weighted by Gasteiger charge is -2.09. The number of nitrogens with one attached hydrogen (secondary N) is 2. The van der Waals surface area contributed by atoms with Crippen molar-refractivity contribution >= 4 is 5.91 Å². The Bertz CT molecular complexity index is 361. The summed E-state index contributed by atoms with van der Waals surface area (Å²) in [5, 5.41) is 2.82. The fourth-order valence-electron chi connectivity index (χ4n) is 1.47. The topological polar surface area (TPSA) is 42.8 Å². The Morgan fingerprint density at radius 1 is 1.28 bits per heavy atom. The van der Waals surface area contributed by atoms with Crippen molar-refractivity contribution in [2.24, 2.45) is 0 Å². The van der Waals surface area contributed by atoms with Crippen LogP contribution in [0.3, 0.4) is 0 Å². The highest BCUT2D eigenvalue weighted by molar-refractivity contribution is 5.77. The summed E-state index contributed by atoms with van der Waals surface area (Å²) in [6.45, 7) is 3.78. The van der Waals surface area contributed by atoms with E-state index in [9.17, 15) is 4.79 Å². The van der Waals surface area contributed by atoms with Gasteiger partial charge in [0, 0.05) is 0 Å². The number of hydrogen-bond acceptors (Lipinski definition) is 2. The molecule has 100 valence electrons. The quantitative estimate of drug-likeness (QED) is 0.710. The molecule has 0 unspecified atom stereocenters. The molecule has 0 heterocycles. The highest BCUT2D eigenvalue weighted by atomic mass is 16.5. The number of ether oxygens (including phenoxy) is 1. The fourth-order valence-corrected chi connectivity index (χ4v) is 1.47. The maximum absolute atomic E-state index is 11.5. The molecule has 1 rings (SSSR count). The summed E-state index contributed by atoms with van der Waals surface area (Å²) in [6.07, 6.45) is 1.01. The van der Waals surface area contributed by atoms with Crippen molar-refractivity contribution in [3.63, 3.8) is 0 Å². The summed E-state index contributed by atoms with van der Waals surface area (Å²) < 4.78 is 5.41. The van der Waals surface area contributed by atoms with Gasteiger partial charge in [-0.15, -0.1) is 0 Å². The third-order valence-electron chi connectivity index (χ3n) is 2.65. The molecule has 2 N–H and O–H groups in total. The lowest BCUT2D eigenvalue weighted by Crippen LogP contribution is -3.06. The summed E-state index contributed by atoms with van der Waals surface area (Å²) in [5.41, 5.74) is 1.26. The minimum absolute atomic E-state index is 0.0733. The minimum Gasteiger partial charge on any atom is -0.484 e. The van der Waals surface area contributed by atoms with Gasteiger partial charge in [0.2, 0.25) is 0 Å². The largest absolute Gasteiger partial charge is 0.484 e. The van der Waals surface area contributed by atoms with Gasteiger partial charge in [-0.05, 0) is 24.1 Å². The average molecular weight is 251 g/mol. The molecular weight excluding hydrogens is 228 g/mol. The van der Waals surface area contributed by atoms with Crippen molar-refractivity contribution in [3.8, 4) is 5.75 Å². The first-order valence-electron chi connectivity index (χ1n) is 6.39. The number of carbonyl (C=O) groups is 1. The van der Waals surface area contributed by atoms with E-state index in [0.717, 1.165) is 18.7 Å². The van der Waals surface area contributed by atoms with Crippen molar-refractivity contribution in [3.05, 3.63) is 29.8 Å². The summed E-state index contributed by atoms with van der Waals surface area (Å²) in [7, 11) is 4.11. The van der Waals surface area contributed by atoms with E-state index < -0.39 is 0 Å². The maximum atomic E-state index is 11.5. The van der Waals surface area contributed by atoms with E-state index in [2.05, 4.69) is 26.3 Å². The van der Waals surface area contributed by atoms with E-state index in [4.69, 9.17) is 4.74 Å². The zero-order valence-electron chi connectivity index (χ0n) is 11.5. The normalized spacial score (nSPS) is 10.4. The average Bonchev–Trinajstić information content (AvgIpc) is 2.36. The van der Waals surface area contributed by atoms with E-state index in [1.807, 2.05) is 24.3 Å². The van der Waals surface area contributed by atoms with Gasteiger partial charge >= 0.3 is 0 Å². The molecule has 18 heavy (non-hydrogen) atoms. The molecule has 0 saturated heterocycles. The van der Waals surface area contributed by atoms with Crippen LogP contribution >= 0.6 is 0 Å². The van der Waals surface area contributed by atoms with Gasteiger partial charge in [-0.25, -0.2) is 0 Å². The first-order valence-corrected chi connectivity index (χ1v) is 6.39. The Kier molecular flexibility index (Phi) is 6.22. The molecule has 0 radical (unpaired) electrons. The molecule has 0 atom stereocenters. The van der Waals surface area contributed by atoms with Crippen LogP contribution in [0.2, 0.25) is 0 Å². The minimum atomic E-state index is -0.0733. The lowest BCUT2D eigenvalue weighted by atomic mass is 10.2. The van der Waals surface area contributed by atoms with Gasteiger partial charge in [-0.3, -0.25) is 4.79 Å². The predicted octanol–water partition coefficient (Wildman–Crippen LogP) is -0.111. The SMILES string of the molecule is CCc1ccc(OCC(=O)NCC[NH+](C)C)cc1. The lowest BCUT2D eigenvalue weighted by molar-refractivity contribution is -0.856. The summed E-state index contributed by atoms with van der Waals surface area (Å²) in [6, 6.07) is 7.83. The van der Waals surface area contributed by atoms with E-state index in [-0.39, 0.29) is 12.5 Å². The number of likely N-dealkylation sites (N-methyl/N-ethyl adjacent to an activating group) is 1. The van der Waals surface area contributed by atoms with Crippen molar-refractivity contribution < 1.29 is 14.4 Å². The molecule has 0 aliphatic carbocycles. The van der Waals surface area contributed by atoms with Crippen molar-refractivity contribution in [1.29, 1.82) is 0 Å². The molecule has 1 amide bonds. The van der Waals surface area contributed by atoms with Gasteiger partial charge < -0.3 is 15.0 Å². The summed E-state index contributed by atoms with van der Waals surface area (Å²) >= 11 is 0. The van der Waals surface area contributed by atoms with Crippen LogP contribution in [0.5, 0.6) is 5.75 Å². The maximum Gasteiger partial charge on any atom is 0.258 e. The molecule has 0 bridgehead atoms. The van der Waals surface area contributed by atoms with Crippen molar-refractivity contribution in [1.82, 2.24) is 5.32 Å². The Hall–Kier alpha value is -1.55. The molecule has 0 aliphatic heterocycles. The third-order valence-corrected chi connectivity index (χ3v) is 2.65.